The summed E-state index contributed by atoms with van der Waals surface area (Å²) in [5.41, 5.74) is 4.28. The standard InChI is InChI=1S/C36H45F/c1-3-5-7-8-10-12-28-13-15-30(16-14-28)17-18-31-21-25-35-33(27-31)24-26-34(36(35)37)32-22-19-29(20-23-32)11-9-6-4-2/h13-16,21,24-27,29,32H,3-12,19-20,22-23H2,1-2H3. The van der Waals surface area contributed by atoms with Crippen LogP contribution in [0.15, 0.2) is 54.6 Å². The highest BCUT2D eigenvalue weighted by Gasteiger charge is 2.24. The topological polar surface area (TPSA) is 0 Å². The van der Waals surface area contributed by atoms with Crippen LogP contribution in [0.3, 0.4) is 0 Å². The molecule has 0 aliphatic heterocycles. The van der Waals surface area contributed by atoms with Gasteiger partial charge in [-0.25, -0.2) is 4.39 Å². The maximum absolute atomic E-state index is 15.5. The Kier molecular flexibility index (Phi) is 10.7. The third-order valence-corrected chi connectivity index (χ3v) is 8.36. The van der Waals surface area contributed by atoms with Crippen LogP contribution >= 0.6 is 0 Å². The number of rotatable bonds is 11. The zero-order chi connectivity index (χ0) is 25.9. The van der Waals surface area contributed by atoms with Crippen molar-refractivity contribution in [3.8, 4) is 11.8 Å². The SMILES string of the molecule is CCCCCCCc1ccc(C#Cc2ccc3c(F)c(C4CCC(CCCCC)CC4)ccc3c2)cc1. The van der Waals surface area contributed by atoms with Gasteiger partial charge >= 0.3 is 0 Å². The molecule has 0 bridgehead atoms. The van der Waals surface area contributed by atoms with Crippen molar-refractivity contribution in [1.82, 2.24) is 0 Å². The van der Waals surface area contributed by atoms with E-state index in [9.17, 15) is 0 Å². The minimum Gasteiger partial charge on any atom is -0.206 e. The first kappa shape index (κ1) is 27.4. The highest BCUT2D eigenvalue weighted by Crippen LogP contribution is 2.40. The average molecular weight is 497 g/mol. The van der Waals surface area contributed by atoms with E-state index < -0.39 is 0 Å². The molecule has 0 saturated heterocycles. The van der Waals surface area contributed by atoms with Gasteiger partial charge in [0.2, 0.25) is 0 Å². The van der Waals surface area contributed by atoms with Gasteiger partial charge in [-0.05, 0) is 91.1 Å². The molecular formula is C36H45F. The Morgan fingerprint density at radius 2 is 1.38 bits per heavy atom. The first-order chi connectivity index (χ1) is 18.2. The number of hydrogen-bond donors (Lipinski definition) is 0. The van der Waals surface area contributed by atoms with Gasteiger partial charge in [0.15, 0.2) is 0 Å². The molecule has 0 N–H and O–H groups in total. The summed E-state index contributed by atoms with van der Waals surface area (Å²) in [6.45, 7) is 4.53. The summed E-state index contributed by atoms with van der Waals surface area (Å²) in [7, 11) is 0. The van der Waals surface area contributed by atoms with Crippen molar-refractivity contribution in [1.29, 1.82) is 0 Å². The van der Waals surface area contributed by atoms with Crippen LogP contribution in [0.2, 0.25) is 0 Å². The second-order valence-electron chi connectivity index (χ2n) is 11.2. The fourth-order valence-corrected chi connectivity index (χ4v) is 5.98. The second kappa shape index (κ2) is 14.4. The predicted octanol–water partition coefficient (Wildman–Crippen LogP) is 10.7. The molecule has 1 aliphatic rings. The second-order valence-corrected chi connectivity index (χ2v) is 11.2. The lowest BCUT2D eigenvalue weighted by Gasteiger charge is -2.29. The third kappa shape index (κ3) is 7.95. The molecule has 1 saturated carbocycles. The lowest BCUT2D eigenvalue weighted by atomic mass is 9.76. The first-order valence-corrected chi connectivity index (χ1v) is 15.0. The Balaban J connectivity index is 1.36. The minimum atomic E-state index is -0.0169. The minimum absolute atomic E-state index is 0.0169. The van der Waals surface area contributed by atoms with Crippen LogP contribution in [0.25, 0.3) is 10.8 Å². The smallest absolute Gasteiger partial charge is 0.134 e. The summed E-state index contributed by atoms with van der Waals surface area (Å²) >= 11 is 0. The van der Waals surface area contributed by atoms with Crippen LogP contribution in [-0.2, 0) is 6.42 Å². The van der Waals surface area contributed by atoms with Crippen molar-refractivity contribution < 1.29 is 4.39 Å². The number of unbranched alkanes of at least 4 members (excludes halogenated alkanes) is 6. The lowest BCUT2D eigenvalue weighted by molar-refractivity contribution is 0.299. The Hall–Kier alpha value is -2.59. The molecular weight excluding hydrogens is 451 g/mol. The molecule has 0 aromatic heterocycles. The molecule has 0 heterocycles. The van der Waals surface area contributed by atoms with Crippen LogP contribution in [-0.4, -0.2) is 0 Å². The monoisotopic (exact) mass is 496 g/mol. The Morgan fingerprint density at radius 3 is 2.14 bits per heavy atom. The van der Waals surface area contributed by atoms with Crippen LogP contribution in [0.1, 0.15) is 125 Å². The van der Waals surface area contributed by atoms with Crippen molar-refractivity contribution in [2.45, 2.75) is 110 Å². The van der Waals surface area contributed by atoms with Crippen LogP contribution in [0.4, 0.5) is 4.39 Å². The molecule has 1 heteroatoms. The van der Waals surface area contributed by atoms with E-state index in [1.807, 2.05) is 24.3 Å². The highest BCUT2D eigenvalue weighted by atomic mass is 19.1. The first-order valence-electron chi connectivity index (χ1n) is 15.0. The molecule has 3 aromatic carbocycles. The van der Waals surface area contributed by atoms with Gasteiger partial charge in [0.1, 0.15) is 5.82 Å². The molecule has 0 unspecified atom stereocenters. The normalized spacial score (nSPS) is 17.5. The number of hydrogen-bond acceptors (Lipinski definition) is 0. The van der Waals surface area contributed by atoms with Crippen molar-refractivity contribution in [2.75, 3.05) is 0 Å². The van der Waals surface area contributed by atoms with Crippen molar-refractivity contribution in [3.63, 3.8) is 0 Å². The van der Waals surface area contributed by atoms with Gasteiger partial charge in [-0.15, -0.1) is 0 Å². The van der Waals surface area contributed by atoms with E-state index in [1.165, 1.54) is 76.2 Å². The summed E-state index contributed by atoms with van der Waals surface area (Å²) in [4.78, 5) is 0. The maximum Gasteiger partial charge on any atom is 0.134 e. The van der Waals surface area contributed by atoms with Gasteiger partial charge in [-0.1, -0.05) is 107 Å². The van der Waals surface area contributed by atoms with E-state index in [1.54, 1.807) is 0 Å². The van der Waals surface area contributed by atoms with Crippen molar-refractivity contribution in [2.24, 2.45) is 5.92 Å². The van der Waals surface area contributed by atoms with Crippen molar-refractivity contribution >= 4 is 10.8 Å². The quantitative estimate of drug-likeness (QED) is 0.183. The third-order valence-electron chi connectivity index (χ3n) is 8.36. The molecule has 0 nitrogen and oxygen atoms in total. The largest absolute Gasteiger partial charge is 0.206 e. The van der Waals surface area contributed by atoms with E-state index >= 15 is 4.39 Å². The zero-order valence-corrected chi connectivity index (χ0v) is 23.1. The summed E-state index contributed by atoms with van der Waals surface area (Å²) in [5.74, 6) is 7.78. The molecule has 0 radical (unpaired) electrons. The molecule has 1 fully saturated rings. The molecule has 3 aromatic rings. The van der Waals surface area contributed by atoms with Gasteiger partial charge in [0.25, 0.3) is 0 Å². The molecule has 196 valence electrons. The Labute approximate surface area is 225 Å². The maximum atomic E-state index is 15.5. The fourth-order valence-electron chi connectivity index (χ4n) is 5.98. The van der Waals surface area contributed by atoms with Crippen LogP contribution < -0.4 is 0 Å². The molecule has 0 amide bonds. The number of aryl methyl sites for hydroxylation is 1. The summed E-state index contributed by atoms with van der Waals surface area (Å²) in [5, 5.41) is 1.68. The van der Waals surface area contributed by atoms with Gasteiger partial charge in [0.05, 0.1) is 0 Å². The van der Waals surface area contributed by atoms with Gasteiger partial charge in [-0.2, -0.15) is 0 Å². The number of halogens is 1. The zero-order valence-electron chi connectivity index (χ0n) is 23.1. The molecule has 1 aliphatic carbocycles. The molecule has 37 heavy (non-hydrogen) atoms. The Bertz CT molecular complexity index is 1170. The molecule has 0 atom stereocenters. The van der Waals surface area contributed by atoms with E-state index in [0.29, 0.717) is 5.92 Å². The van der Waals surface area contributed by atoms with Crippen LogP contribution in [0.5, 0.6) is 0 Å². The molecule has 0 spiro atoms. The number of benzene rings is 3. The van der Waals surface area contributed by atoms with E-state index in [-0.39, 0.29) is 5.82 Å². The fraction of sp³-hybridized carbons (Fsp3) is 0.500. The lowest BCUT2D eigenvalue weighted by Crippen LogP contribution is -2.14. The van der Waals surface area contributed by atoms with E-state index in [0.717, 1.165) is 52.6 Å². The number of fused-ring (bicyclic) bond motifs is 1. The summed E-state index contributed by atoms with van der Waals surface area (Å²) < 4.78 is 15.5. The molecule has 4 rings (SSSR count). The van der Waals surface area contributed by atoms with Gasteiger partial charge in [0, 0.05) is 16.5 Å². The van der Waals surface area contributed by atoms with Gasteiger partial charge in [-0.3, -0.25) is 0 Å². The highest BCUT2D eigenvalue weighted by molar-refractivity contribution is 5.85. The van der Waals surface area contributed by atoms with Crippen LogP contribution in [0, 0.1) is 23.6 Å². The van der Waals surface area contributed by atoms with E-state index in [2.05, 4.69) is 56.0 Å². The Morgan fingerprint density at radius 1 is 0.703 bits per heavy atom. The van der Waals surface area contributed by atoms with Gasteiger partial charge < -0.3 is 0 Å². The van der Waals surface area contributed by atoms with Crippen molar-refractivity contribution in [3.05, 3.63) is 82.7 Å². The summed E-state index contributed by atoms with van der Waals surface area (Å²) in [6.07, 6.45) is 17.8. The predicted molar refractivity (Wildman–Crippen MR) is 158 cm³/mol. The van der Waals surface area contributed by atoms with E-state index in [4.69, 9.17) is 0 Å². The summed E-state index contributed by atoms with van der Waals surface area (Å²) in [6, 6.07) is 18.7. The average Bonchev–Trinajstić information content (AvgIpc) is 2.93.